The van der Waals surface area contributed by atoms with Crippen molar-refractivity contribution in [2.24, 2.45) is 5.92 Å². The molecule has 0 spiro atoms. The van der Waals surface area contributed by atoms with Gasteiger partial charge in [-0.1, -0.05) is 6.07 Å². The third-order valence-corrected chi connectivity index (χ3v) is 3.92. The number of carbonyl (C=O) groups is 1. The van der Waals surface area contributed by atoms with Gasteiger partial charge < -0.3 is 15.1 Å². The lowest BCUT2D eigenvalue weighted by Gasteiger charge is -2.17. The fourth-order valence-electron chi connectivity index (χ4n) is 2.78. The van der Waals surface area contributed by atoms with Crippen molar-refractivity contribution in [3.8, 4) is 0 Å². The highest BCUT2D eigenvalue weighted by molar-refractivity contribution is 5.93. The Labute approximate surface area is 116 Å². The number of rotatable bonds is 3. The van der Waals surface area contributed by atoms with Crippen molar-refractivity contribution >= 4 is 17.4 Å². The molecule has 6 heteroatoms. The van der Waals surface area contributed by atoms with Gasteiger partial charge in [-0.05, 0) is 25.5 Å². The van der Waals surface area contributed by atoms with E-state index in [0.29, 0.717) is 18.0 Å². The topological polar surface area (TPSA) is 78.1 Å². The minimum absolute atomic E-state index is 0.168. The molecule has 1 aliphatic rings. The van der Waals surface area contributed by atoms with E-state index in [0.717, 1.165) is 13.0 Å². The lowest BCUT2D eigenvalue weighted by Crippen LogP contribution is -2.25. The number of aliphatic hydroxyl groups excluding tert-OH is 1. The van der Waals surface area contributed by atoms with E-state index in [4.69, 9.17) is 0 Å². The van der Waals surface area contributed by atoms with Crippen molar-refractivity contribution in [3.63, 3.8) is 0 Å². The summed E-state index contributed by atoms with van der Waals surface area (Å²) in [6.07, 6.45) is 2.17. The molecule has 2 aromatic rings. The summed E-state index contributed by atoms with van der Waals surface area (Å²) in [5, 5.41) is 19.1. The zero-order chi connectivity index (χ0) is 14.3. The summed E-state index contributed by atoms with van der Waals surface area (Å²) in [5.74, 6) is -0.326. The van der Waals surface area contributed by atoms with Crippen molar-refractivity contribution in [2.75, 3.05) is 18.0 Å². The Morgan fingerprint density at radius 2 is 2.30 bits per heavy atom. The molecule has 1 saturated heterocycles. The maximum Gasteiger partial charge on any atom is 0.356 e. The first-order valence-electron chi connectivity index (χ1n) is 6.71. The highest BCUT2D eigenvalue weighted by Gasteiger charge is 2.31. The largest absolute Gasteiger partial charge is 0.476 e. The highest BCUT2D eigenvalue weighted by Crippen LogP contribution is 2.28. The Kier molecular flexibility index (Phi) is 3.10. The normalized spacial score (nSPS) is 20.5. The molecule has 2 N–H and O–H groups in total. The van der Waals surface area contributed by atoms with Crippen LogP contribution in [0.25, 0.3) is 5.65 Å². The van der Waals surface area contributed by atoms with E-state index in [2.05, 4.69) is 4.98 Å². The van der Waals surface area contributed by atoms with Crippen LogP contribution < -0.4 is 4.90 Å². The molecule has 0 bridgehead atoms. The predicted octanol–water partition coefficient (Wildman–Crippen LogP) is 1.24. The number of pyridine rings is 1. The number of aliphatic hydroxyl groups is 1. The van der Waals surface area contributed by atoms with Gasteiger partial charge in [0.15, 0.2) is 11.5 Å². The zero-order valence-electron chi connectivity index (χ0n) is 11.2. The van der Waals surface area contributed by atoms with Crippen LogP contribution in [0.2, 0.25) is 0 Å². The van der Waals surface area contributed by atoms with Crippen molar-refractivity contribution in [3.05, 3.63) is 30.1 Å². The third-order valence-electron chi connectivity index (χ3n) is 3.92. The van der Waals surface area contributed by atoms with Crippen molar-refractivity contribution < 1.29 is 15.0 Å². The fraction of sp³-hybridized carbons (Fsp3) is 0.429. The summed E-state index contributed by atoms with van der Waals surface area (Å²) in [4.78, 5) is 17.9. The Morgan fingerprint density at radius 3 is 2.95 bits per heavy atom. The molecule has 1 aliphatic heterocycles. The van der Waals surface area contributed by atoms with E-state index in [9.17, 15) is 15.0 Å². The molecule has 2 aromatic heterocycles. The number of aromatic carboxylic acids is 1. The molecule has 3 rings (SSSR count). The number of nitrogens with zero attached hydrogens (tertiary/aromatic N) is 3. The molecule has 1 fully saturated rings. The van der Waals surface area contributed by atoms with Crippen LogP contribution in [0.4, 0.5) is 5.82 Å². The maximum absolute atomic E-state index is 11.5. The van der Waals surface area contributed by atoms with Gasteiger partial charge in [0.2, 0.25) is 0 Å². The molecule has 2 unspecified atom stereocenters. The van der Waals surface area contributed by atoms with Crippen LogP contribution in [-0.4, -0.2) is 44.8 Å². The van der Waals surface area contributed by atoms with Crippen molar-refractivity contribution in [2.45, 2.75) is 19.4 Å². The van der Waals surface area contributed by atoms with E-state index in [1.54, 1.807) is 29.7 Å². The number of carboxylic acids is 1. The smallest absolute Gasteiger partial charge is 0.356 e. The molecular weight excluding hydrogens is 258 g/mol. The van der Waals surface area contributed by atoms with Crippen LogP contribution in [0.3, 0.4) is 0 Å². The minimum atomic E-state index is -0.987. The summed E-state index contributed by atoms with van der Waals surface area (Å²) in [6, 6.07) is 5.41. The molecule has 0 saturated carbocycles. The van der Waals surface area contributed by atoms with Crippen LogP contribution in [-0.2, 0) is 0 Å². The number of anilines is 1. The summed E-state index contributed by atoms with van der Waals surface area (Å²) < 4.78 is 1.59. The molecule has 0 amide bonds. The zero-order valence-corrected chi connectivity index (χ0v) is 11.2. The van der Waals surface area contributed by atoms with Crippen molar-refractivity contribution in [1.82, 2.24) is 9.38 Å². The van der Waals surface area contributed by atoms with Gasteiger partial charge in [0.1, 0.15) is 5.65 Å². The number of hydrogen-bond acceptors (Lipinski definition) is 4. The Hall–Kier alpha value is -2.08. The first-order valence-corrected chi connectivity index (χ1v) is 6.71. The van der Waals surface area contributed by atoms with E-state index < -0.39 is 5.97 Å². The number of aromatic nitrogens is 2. The first-order chi connectivity index (χ1) is 9.58. The molecule has 0 aliphatic carbocycles. The third kappa shape index (κ3) is 2.02. The second-order valence-electron chi connectivity index (χ2n) is 5.25. The lowest BCUT2D eigenvalue weighted by molar-refractivity contribution is 0.0690. The Balaban J connectivity index is 2.03. The monoisotopic (exact) mass is 275 g/mol. The first kappa shape index (κ1) is 12.9. The highest BCUT2D eigenvalue weighted by atomic mass is 16.4. The second-order valence-corrected chi connectivity index (χ2v) is 5.25. The number of carboxylic acid groups (broad SMARTS) is 1. The van der Waals surface area contributed by atoms with Gasteiger partial charge in [0, 0.05) is 25.2 Å². The minimum Gasteiger partial charge on any atom is -0.476 e. The molecule has 106 valence electrons. The SMILES string of the molecule is CC(O)C1CCN(c2nc3ccccn3c2C(=O)O)C1. The van der Waals surface area contributed by atoms with E-state index in [1.807, 2.05) is 11.0 Å². The molecule has 0 aromatic carbocycles. The van der Waals surface area contributed by atoms with Gasteiger partial charge in [-0.25, -0.2) is 9.78 Å². The van der Waals surface area contributed by atoms with E-state index in [-0.39, 0.29) is 17.7 Å². The summed E-state index contributed by atoms with van der Waals surface area (Å²) in [6.45, 7) is 3.14. The molecule has 3 heterocycles. The lowest BCUT2D eigenvalue weighted by atomic mass is 10.0. The Morgan fingerprint density at radius 1 is 1.50 bits per heavy atom. The van der Waals surface area contributed by atoms with Crippen LogP contribution in [0, 0.1) is 5.92 Å². The number of fused-ring (bicyclic) bond motifs is 1. The fourth-order valence-corrected chi connectivity index (χ4v) is 2.78. The van der Waals surface area contributed by atoms with Gasteiger partial charge in [-0.2, -0.15) is 0 Å². The van der Waals surface area contributed by atoms with Gasteiger partial charge >= 0.3 is 5.97 Å². The molecule has 6 nitrogen and oxygen atoms in total. The standard InChI is InChI=1S/C14H17N3O3/c1-9(18)10-5-7-16(8-10)13-12(14(19)20)17-6-3-2-4-11(17)15-13/h2-4,6,9-10,18H,5,7-8H2,1H3,(H,19,20). The number of hydrogen-bond donors (Lipinski definition) is 2. The van der Waals surface area contributed by atoms with E-state index in [1.165, 1.54) is 0 Å². The predicted molar refractivity (Wildman–Crippen MR) is 74.2 cm³/mol. The van der Waals surface area contributed by atoms with Gasteiger partial charge in [0.05, 0.1) is 6.10 Å². The van der Waals surface area contributed by atoms with Gasteiger partial charge in [-0.15, -0.1) is 0 Å². The van der Waals surface area contributed by atoms with Gasteiger partial charge in [-0.3, -0.25) is 4.40 Å². The second kappa shape index (κ2) is 4.79. The van der Waals surface area contributed by atoms with Crippen LogP contribution in [0.1, 0.15) is 23.8 Å². The summed E-state index contributed by atoms with van der Waals surface area (Å²) >= 11 is 0. The molecular formula is C14H17N3O3. The quantitative estimate of drug-likeness (QED) is 0.881. The average molecular weight is 275 g/mol. The average Bonchev–Trinajstić information content (AvgIpc) is 3.02. The molecule has 20 heavy (non-hydrogen) atoms. The number of imidazole rings is 1. The van der Waals surface area contributed by atoms with Crippen LogP contribution in [0.15, 0.2) is 24.4 Å². The van der Waals surface area contributed by atoms with Gasteiger partial charge in [0.25, 0.3) is 0 Å². The maximum atomic E-state index is 11.5. The van der Waals surface area contributed by atoms with Crippen molar-refractivity contribution in [1.29, 1.82) is 0 Å². The molecule has 0 radical (unpaired) electrons. The summed E-state index contributed by atoms with van der Waals surface area (Å²) in [7, 11) is 0. The van der Waals surface area contributed by atoms with E-state index >= 15 is 0 Å². The Bertz CT molecular complexity index is 650. The van der Waals surface area contributed by atoms with Crippen LogP contribution >= 0.6 is 0 Å². The molecule has 2 atom stereocenters. The summed E-state index contributed by atoms with van der Waals surface area (Å²) in [5.41, 5.74) is 0.812. The van der Waals surface area contributed by atoms with Crippen LogP contribution in [0.5, 0.6) is 0 Å².